The molecule has 0 N–H and O–H groups in total. The number of hydrogen-bond donors (Lipinski definition) is 0. The predicted octanol–water partition coefficient (Wildman–Crippen LogP) is 8.69. The molecule has 1 aliphatic rings. The van der Waals surface area contributed by atoms with Crippen molar-refractivity contribution in [3.63, 3.8) is 0 Å². The molecule has 1 nitrogen and oxygen atoms in total. The van der Waals surface area contributed by atoms with E-state index in [1.165, 1.54) is 60.2 Å². The Labute approximate surface area is 244 Å². The molecule has 0 saturated heterocycles. The highest BCUT2D eigenvalue weighted by atomic mass is 79.9. The number of aromatic nitrogens is 1. The molecule has 1 aliphatic carbocycles. The summed E-state index contributed by atoms with van der Waals surface area (Å²) in [4.78, 5) is 4.56. The summed E-state index contributed by atoms with van der Waals surface area (Å²) in [5.41, 5.74) is 10.1. The maximum atomic E-state index is 4.56. The SMILES string of the molecule is Brc1ccc(C2=c3ccccc3=C(c3ccc(-c4ccccc4)c4ccccc34)c3ccccc3C2)cn1.CC. The van der Waals surface area contributed by atoms with Crippen LogP contribution in [0, 0.1) is 0 Å². The number of pyridine rings is 1. The number of rotatable bonds is 3. The van der Waals surface area contributed by atoms with Crippen LogP contribution in [0.5, 0.6) is 0 Å². The summed E-state index contributed by atoms with van der Waals surface area (Å²) in [6.45, 7) is 4.00. The zero-order valence-corrected chi connectivity index (χ0v) is 24.3. The van der Waals surface area contributed by atoms with Crippen LogP contribution >= 0.6 is 15.9 Å². The van der Waals surface area contributed by atoms with E-state index in [1.54, 1.807) is 0 Å². The van der Waals surface area contributed by atoms with Gasteiger partial charge < -0.3 is 0 Å². The van der Waals surface area contributed by atoms with Crippen molar-refractivity contribution in [1.82, 2.24) is 4.98 Å². The molecule has 0 radical (unpaired) electrons. The standard InChI is InChI=1S/C36H24BrN.C2H6/c37-35-21-18-26(23-38-35)34-22-25-12-4-5-13-28(25)36(32-17-9-8-16-31(32)34)33-20-19-27(24-10-2-1-3-11-24)29-14-6-7-15-30(29)33;1-2/h1-21,23H,22H2;1-2H3. The van der Waals surface area contributed by atoms with E-state index in [2.05, 4.69) is 142 Å². The Kier molecular flexibility index (Phi) is 7.44. The molecular formula is C38H30BrN. The summed E-state index contributed by atoms with van der Waals surface area (Å²) < 4.78 is 0.849. The van der Waals surface area contributed by atoms with Gasteiger partial charge in [0, 0.05) is 6.20 Å². The summed E-state index contributed by atoms with van der Waals surface area (Å²) in [5.74, 6) is 0. The third-order valence-electron chi connectivity index (χ3n) is 7.53. The Morgan fingerprint density at radius 1 is 0.525 bits per heavy atom. The lowest BCUT2D eigenvalue weighted by Gasteiger charge is -2.17. The van der Waals surface area contributed by atoms with Crippen LogP contribution in [0.25, 0.3) is 33.0 Å². The highest BCUT2D eigenvalue weighted by Gasteiger charge is 2.20. The largest absolute Gasteiger partial charge is 0.249 e. The molecule has 1 heterocycles. The number of fused-ring (bicyclic) bond motifs is 3. The van der Waals surface area contributed by atoms with E-state index >= 15 is 0 Å². The van der Waals surface area contributed by atoms with Crippen LogP contribution in [-0.4, -0.2) is 4.98 Å². The van der Waals surface area contributed by atoms with Gasteiger partial charge >= 0.3 is 0 Å². The molecule has 0 spiro atoms. The fraction of sp³-hybridized carbons (Fsp3) is 0.0789. The first-order valence-corrected chi connectivity index (χ1v) is 14.7. The Bertz CT molecular complexity index is 1940. The van der Waals surface area contributed by atoms with Crippen molar-refractivity contribution in [3.8, 4) is 11.1 Å². The monoisotopic (exact) mass is 579 g/mol. The molecule has 2 heteroatoms. The Balaban J connectivity index is 0.00000142. The molecule has 1 aromatic heterocycles. The quantitative estimate of drug-likeness (QED) is 0.191. The molecule has 0 fully saturated rings. The van der Waals surface area contributed by atoms with Crippen LogP contribution in [0.4, 0.5) is 0 Å². The second-order valence-corrected chi connectivity index (χ2v) is 10.5. The van der Waals surface area contributed by atoms with Crippen LogP contribution in [-0.2, 0) is 6.42 Å². The second-order valence-electron chi connectivity index (χ2n) is 9.67. The third-order valence-corrected chi connectivity index (χ3v) is 8.00. The van der Waals surface area contributed by atoms with Gasteiger partial charge in [0.1, 0.15) is 4.60 Å². The molecular weight excluding hydrogens is 550 g/mol. The van der Waals surface area contributed by atoms with Crippen molar-refractivity contribution in [2.75, 3.05) is 0 Å². The summed E-state index contributed by atoms with van der Waals surface area (Å²) >= 11 is 3.50. The normalized spacial score (nSPS) is 12.2. The minimum atomic E-state index is 0.847. The average Bonchev–Trinajstić information content (AvgIpc) is 3.17. The van der Waals surface area contributed by atoms with Gasteiger partial charge in [0.05, 0.1) is 0 Å². The van der Waals surface area contributed by atoms with Crippen molar-refractivity contribution in [2.24, 2.45) is 0 Å². The highest BCUT2D eigenvalue weighted by molar-refractivity contribution is 9.10. The molecule has 6 aromatic rings. The second kappa shape index (κ2) is 11.5. The summed E-state index contributed by atoms with van der Waals surface area (Å²) in [6, 6.07) is 46.0. The van der Waals surface area contributed by atoms with Crippen molar-refractivity contribution in [1.29, 1.82) is 0 Å². The molecule has 40 heavy (non-hydrogen) atoms. The van der Waals surface area contributed by atoms with Crippen molar-refractivity contribution in [3.05, 3.63) is 171 Å². The maximum Gasteiger partial charge on any atom is 0.106 e. The van der Waals surface area contributed by atoms with E-state index in [4.69, 9.17) is 0 Å². The molecule has 5 aromatic carbocycles. The maximum absolute atomic E-state index is 4.56. The van der Waals surface area contributed by atoms with Gasteiger partial charge in [-0.3, -0.25) is 0 Å². The Morgan fingerprint density at radius 2 is 1.15 bits per heavy atom. The van der Waals surface area contributed by atoms with Crippen LogP contribution in [0.3, 0.4) is 0 Å². The van der Waals surface area contributed by atoms with Gasteiger partial charge in [-0.2, -0.15) is 0 Å². The van der Waals surface area contributed by atoms with E-state index in [9.17, 15) is 0 Å². The zero-order chi connectivity index (χ0) is 27.5. The minimum absolute atomic E-state index is 0.847. The van der Waals surface area contributed by atoms with Gasteiger partial charge in [0.25, 0.3) is 0 Å². The van der Waals surface area contributed by atoms with E-state index in [-0.39, 0.29) is 0 Å². The molecule has 0 amide bonds. The predicted molar refractivity (Wildman–Crippen MR) is 173 cm³/mol. The fourth-order valence-corrected chi connectivity index (χ4v) is 6.04. The highest BCUT2D eigenvalue weighted by Crippen LogP contribution is 2.37. The van der Waals surface area contributed by atoms with Crippen LogP contribution in [0.15, 0.2) is 138 Å². The first-order chi connectivity index (χ1) is 19.8. The van der Waals surface area contributed by atoms with Gasteiger partial charge in [0.2, 0.25) is 0 Å². The smallest absolute Gasteiger partial charge is 0.106 e. The van der Waals surface area contributed by atoms with Crippen molar-refractivity contribution < 1.29 is 0 Å². The lowest BCUT2D eigenvalue weighted by molar-refractivity contribution is 1.21. The van der Waals surface area contributed by atoms with Gasteiger partial charge in [-0.05, 0) is 94.2 Å². The van der Waals surface area contributed by atoms with Crippen molar-refractivity contribution in [2.45, 2.75) is 20.3 Å². The van der Waals surface area contributed by atoms with Crippen LogP contribution in [0.1, 0.15) is 36.1 Å². The number of benzene rings is 5. The van der Waals surface area contributed by atoms with E-state index in [0.29, 0.717) is 0 Å². The lowest BCUT2D eigenvalue weighted by Crippen LogP contribution is -2.29. The fourth-order valence-electron chi connectivity index (χ4n) is 5.80. The van der Waals surface area contributed by atoms with Crippen LogP contribution in [0.2, 0.25) is 0 Å². The van der Waals surface area contributed by atoms with Crippen molar-refractivity contribution >= 4 is 37.8 Å². The van der Waals surface area contributed by atoms with E-state index in [1.807, 2.05) is 26.1 Å². The zero-order valence-electron chi connectivity index (χ0n) is 22.7. The van der Waals surface area contributed by atoms with Gasteiger partial charge in [-0.1, -0.05) is 135 Å². The van der Waals surface area contributed by atoms with Gasteiger partial charge in [-0.15, -0.1) is 0 Å². The topological polar surface area (TPSA) is 12.9 Å². The minimum Gasteiger partial charge on any atom is -0.249 e. The molecule has 7 rings (SSSR count). The lowest BCUT2D eigenvalue weighted by atomic mass is 9.87. The molecule has 0 unspecified atom stereocenters. The first-order valence-electron chi connectivity index (χ1n) is 13.9. The average molecular weight is 581 g/mol. The Morgan fingerprint density at radius 3 is 1.90 bits per heavy atom. The molecule has 194 valence electrons. The third kappa shape index (κ3) is 4.69. The van der Waals surface area contributed by atoms with E-state index in [0.717, 1.165) is 16.6 Å². The summed E-state index contributed by atoms with van der Waals surface area (Å²) in [5, 5.41) is 5.05. The summed E-state index contributed by atoms with van der Waals surface area (Å²) in [6.07, 6.45) is 2.83. The molecule has 0 bridgehead atoms. The molecule has 0 aliphatic heterocycles. The van der Waals surface area contributed by atoms with Crippen LogP contribution < -0.4 is 10.4 Å². The van der Waals surface area contributed by atoms with Gasteiger partial charge in [-0.25, -0.2) is 4.98 Å². The molecule has 0 saturated carbocycles. The number of nitrogens with zero attached hydrogens (tertiary/aromatic N) is 1. The first kappa shape index (κ1) is 26.0. The molecule has 0 atom stereocenters. The van der Waals surface area contributed by atoms with E-state index < -0.39 is 0 Å². The number of halogens is 1. The number of hydrogen-bond acceptors (Lipinski definition) is 1. The summed E-state index contributed by atoms with van der Waals surface area (Å²) in [7, 11) is 0. The van der Waals surface area contributed by atoms with Gasteiger partial charge in [0.15, 0.2) is 0 Å². The Hall–Kier alpha value is -4.27.